The molecule has 2 aliphatic rings. The topological polar surface area (TPSA) is 53.2 Å². The van der Waals surface area contributed by atoms with Crippen LogP contribution in [-0.4, -0.2) is 12.5 Å². The number of hydrogen-bond donors (Lipinski definition) is 3. The van der Waals surface area contributed by atoms with Crippen LogP contribution < -0.4 is 16.2 Å². The molecule has 0 aromatic heterocycles. The Balaban J connectivity index is 0.000000154. The molecule has 1 fully saturated rings. The van der Waals surface area contributed by atoms with E-state index in [-0.39, 0.29) is 5.91 Å². The Morgan fingerprint density at radius 3 is 2.81 bits per heavy atom. The quantitative estimate of drug-likeness (QED) is 0.784. The van der Waals surface area contributed by atoms with E-state index in [9.17, 15) is 4.79 Å². The van der Waals surface area contributed by atoms with Gasteiger partial charge < -0.3 is 10.7 Å². The average molecular weight is 310 g/mol. The molecule has 3 N–H and O–H groups in total. The molecule has 0 saturated heterocycles. The van der Waals surface area contributed by atoms with Crippen molar-refractivity contribution in [2.24, 2.45) is 5.92 Å². The molecule has 1 amide bonds. The summed E-state index contributed by atoms with van der Waals surface area (Å²) in [4.78, 5) is 10.6. The Morgan fingerprint density at radius 2 is 2.10 bits per heavy atom. The van der Waals surface area contributed by atoms with Gasteiger partial charge in [-0.15, -0.1) is 0 Å². The summed E-state index contributed by atoms with van der Waals surface area (Å²) in [5, 5.41) is 3.65. The number of hydrogen-bond acceptors (Lipinski definition) is 3. The second kappa shape index (κ2) is 8.25. The molecule has 5 heteroatoms. The van der Waals surface area contributed by atoms with Gasteiger partial charge in [-0.2, -0.15) is 0 Å². The lowest BCUT2D eigenvalue weighted by atomic mass is 9.89. The Hall–Kier alpha value is -1.26. The summed E-state index contributed by atoms with van der Waals surface area (Å²) in [7, 11) is 0. The maximum absolute atomic E-state index is 10.6. The minimum absolute atomic E-state index is 0.107. The number of carbonyl (C=O) groups is 1. The first-order chi connectivity index (χ1) is 10.1. The lowest BCUT2D eigenvalue weighted by Gasteiger charge is -2.21. The summed E-state index contributed by atoms with van der Waals surface area (Å²) in [5.74, 6) is 0.864. The Kier molecular flexibility index (Phi) is 6.33. The normalized spacial score (nSPS) is 17.2. The highest BCUT2D eigenvalue weighted by Gasteiger charge is 2.12. The first-order valence-electron chi connectivity index (χ1n) is 7.67. The summed E-state index contributed by atoms with van der Waals surface area (Å²) in [5.41, 5.74) is 8.37. The number of hydrazine groups is 1. The molecule has 0 unspecified atom stereocenters. The number of halogens is 1. The molecule has 4 nitrogen and oxygen atoms in total. The van der Waals surface area contributed by atoms with Gasteiger partial charge in [0.25, 0.3) is 0 Å². The maximum atomic E-state index is 10.6. The fourth-order valence-corrected chi connectivity index (χ4v) is 2.91. The molecule has 1 heterocycles. The van der Waals surface area contributed by atoms with Crippen LogP contribution >= 0.6 is 11.6 Å². The smallest absolute Gasteiger partial charge is 0.216 e. The number of anilines is 1. The van der Waals surface area contributed by atoms with E-state index in [4.69, 9.17) is 11.6 Å². The predicted molar refractivity (Wildman–Crippen MR) is 87.2 cm³/mol. The molecule has 0 radical (unpaired) electrons. The van der Waals surface area contributed by atoms with E-state index >= 15 is 0 Å². The van der Waals surface area contributed by atoms with Gasteiger partial charge in [0.05, 0.1) is 5.69 Å². The predicted octanol–water partition coefficient (Wildman–Crippen LogP) is 3.47. The molecular formula is C16H24ClN3O. The first-order valence-corrected chi connectivity index (χ1v) is 8.04. The van der Waals surface area contributed by atoms with Crippen molar-refractivity contribution in [1.29, 1.82) is 0 Å². The van der Waals surface area contributed by atoms with E-state index in [1.807, 2.05) is 18.2 Å². The molecule has 1 aliphatic heterocycles. The summed E-state index contributed by atoms with van der Waals surface area (Å²) < 4.78 is 0. The molecule has 3 rings (SSSR count). The largest absolute Gasteiger partial charge is 0.356 e. The van der Waals surface area contributed by atoms with Crippen molar-refractivity contribution in [3.05, 3.63) is 28.8 Å². The van der Waals surface area contributed by atoms with E-state index in [0.29, 0.717) is 0 Å². The van der Waals surface area contributed by atoms with Gasteiger partial charge in [-0.3, -0.25) is 4.79 Å². The fraction of sp³-hybridized carbons (Fsp3) is 0.562. The van der Waals surface area contributed by atoms with E-state index in [1.165, 1.54) is 37.7 Å². The van der Waals surface area contributed by atoms with Gasteiger partial charge >= 0.3 is 0 Å². The van der Waals surface area contributed by atoms with Gasteiger partial charge in [0.15, 0.2) is 0 Å². The molecular weight excluding hydrogens is 286 g/mol. The van der Waals surface area contributed by atoms with E-state index in [2.05, 4.69) is 16.2 Å². The third kappa shape index (κ3) is 5.56. The molecule has 1 aromatic carbocycles. The first kappa shape index (κ1) is 16.1. The van der Waals surface area contributed by atoms with Crippen LogP contribution in [0.4, 0.5) is 5.69 Å². The van der Waals surface area contributed by atoms with Gasteiger partial charge in [-0.05, 0) is 36.5 Å². The highest BCUT2D eigenvalue weighted by Crippen LogP contribution is 2.23. The summed E-state index contributed by atoms with van der Waals surface area (Å²) in [6.07, 6.45) is 6.70. The molecule has 1 aliphatic carbocycles. The maximum Gasteiger partial charge on any atom is 0.216 e. The van der Waals surface area contributed by atoms with Crippen molar-refractivity contribution < 1.29 is 4.79 Å². The summed E-state index contributed by atoms with van der Waals surface area (Å²) in [6.45, 7) is 3.37. The van der Waals surface area contributed by atoms with Crippen LogP contribution in [0.5, 0.6) is 0 Å². The summed E-state index contributed by atoms with van der Waals surface area (Å²) in [6, 6.07) is 5.83. The van der Waals surface area contributed by atoms with Crippen LogP contribution in [0.25, 0.3) is 0 Å². The summed E-state index contributed by atoms with van der Waals surface area (Å²) >= 11 is 5.76. The van der Waals surface area contributed by atoms with E-state index in [0.717, 1.165) is 29.7 Å². The van der Waals surface area contributed by atoms with Gasteiger partial charge in [0, 0.05) is 25.0 Å². The lowest BCUT2D eigenvalue weighted by molar-refractivity contribution is -0.119. The number of rotatable bonds is 2. The van der Waals surface area contributed by atoms with Crippen molar-refractivity contribution in [1.82, 2.24) is 10.7 Å². The number of benzene rings is 1. The van der Waals surface area contributed by atoms with Crippen LogP contribution in [0.3, 0.4) is 0 Å². The molecule has 0 spiro atoms. The van der Waals surface area contributed by atoms with Gasteiger partial charge in [-0.25, -0.2) is 5.43 Å². The zero-order valence-corrected chi connectivity index (χ0v) is 13.3. The number of amides is 1. The molecule has 1 saturated carbocycles. The molecule has 116 valence electrons. The Morgan fingerprint density at radius 1 is 1.33 bits per heavy atom. The number of nitrogens with one attached hydrogen (secondary N) is 3. The van der Waals surface area contributed by atoms with Crippen molar-refractivity contribution >= 4 is 23.2 Å². The molecule has 0 bridgehead atoms. The SMILES string of the molecule is CC(=O)NCC1CCCCC1.Clc1ccc2c(c1)NNC2. The van der Waals surface area contributed by atoms with Gasteiger partial charge in [0.2, 0.25) is 5.91 Å². The van der Waals surface area contributed by atoms with E-state index in [1.54, 1.807) is 6.92 Å². The minimum atomic E-state index is 0.107. The zero-order valence-electron chi connectivity index (χ0n) is 12.5. The monoisotopic (exact) mass is 309 g/mol. The van der Waals surface area contributed by atoms with Crippen molar-refractivity contribution in [3.63, 3.8) is 0 Å². The van der Waals surface area contributed by atoms with Crippen LogP contribution in [-0.2, 0) is 11.3 Å². The van der Waals surface area contributed by atoms with Gasteiger partial charge in [-0.1, -0.05) is 36.9 Å². The van der Waals surface area contributed by atoms with E-state index < -0.39 is 0 Å². The Labute approximate surface area is 131 Å². The van der Waals surface area contributed by atoms with Crippen molar-refractivity contribution in [2.45, 2.75) is 45.6 Å². The second-order valence-corrected chi connectivity index (χ2v) is 6.16. The highest BCUT2D eigenvalue weighted by atomic mass is 35.5. The average Bonchev–Trinajstić information content (AvgIpc) is 2.94. The third-order valence-corrected chi connectivity index (χ3v) is 4.17. The third-order valence-electron chi connectivity index (χ3n) is 3.94. The molecule has 0 atom stereocenters. The van der Waals surface area contributed by atoms with Crippen LogP contribution in [0.2, 0.25) is 5.02 Å². The lowest BCUT2D eigenvalue weighted by Crippen LogP contribution is -2.28. The number of fused-ring (bicyclic) bond motifs is 1. The minimum Gasteiger partial charge on any atom is -0.356 e. The molecule has 21 heavy (non-hydrogen) atoms. The van der Waals surface area contributed by atoms with Crippen LogP contribution in [0.15, 0.2) is 18.2 Å². The van der Waals surface area contributed by atoms with Crippen molar-refractivity contribution in [2.75, 3.05) is 12.0 Å². The van der Waals surface area contributed by atoms with Crippen molar-refractivity contribution in [3.8, 4) is 0 Å². The zero-order chi connectivity index (χ0) is 15.1. The van der Waals surface area contributed by atoms with Crippen LogP contribution in [0.1, 0.15) is 44.6 Å². The fourth-order valence-electron chi connectivity index (χ4n) is 2.73. The van der Waals surface area contributed by atoms with Crippen LogP contribution in [0, 0.1) is 5.92 Å². The standard InChI is InChI=1S/C9H17NO.C7H7ClN2/c1-8(11)10-7-9-5-3-2-4-6-9;8-6-2-1-5-4-9-10-7(5)3-6/h9H,2-7H2,1H3,(H,10,11);1-3,9-10H,4H2. The van der Waals surface area contributed by atoms with Gasteiger partial charge in [0.1, 0.15) is 0 Å². The second-order valence-electron chi connectivity index (χ2n) is 5.72. The highest BCUT2D eigenvalue weighted by molar-refractivity contribution is 6.30. The Bertz CT molecular complexity index is 473. The molecule has 1 aromatic rings. The number of carbonyl (C=O) groups excluding carboxylic acids is 1.